The maximum atomic E-state index is 12.9. The third-order valence-electron chi connectivity index (χ3n) is 4.83. The summed E-state index contributed by atoms with van der Waals surface area (Å²) in [6, 6.07) is 6.49. The molecule has 1 amide bonds. The summed E-state index contributed by atoms with van der Waals surface area (Å²) in [5.41, 5.74) is 0.447. The molecule has 0 saturated carbocycles. The monoisotopic (exact) mass is 351 g/mol. The van der Waals surface area contributed by atoms with Crippen LogP contribution >= 0.6 is 0 Å². The van der Waals surface area contributed by atoms with Gasteiger partial charge in [-0.25, -0.2) is 8.42 Å². The van der Waals surface area contributed by atoms with Gasteiger partial charge in [-0.15, -0.1) is 0 Å². The van der Waals surface area contributed by atoms with Crippen LogP contribution in [-0.2, 0) is 10.0 Å². The minimum atomic E-state index is -3.55. The highest BCUT2D eigenvalue weighted by molar-refractivity contribution is 7.89. The summed E-state index contributed by atoms with van der Waals surface area (Å²) in [6.07, 6.45) is 2.84. The molecule has 0 radical (unpaired) electrons. The summed E-state index contributed by atoms with van der Waals surface area (Å²) in [7, 11) is -3.55. The van der Waals surface area contributed by atoms with Gasteiger partial charge in [-0.2, -0.15) is 4.31 Å². The van der Waals surface area contributed by atoms with Crippen molar-refractivity contribution in [2.75, 3.05) is 32.7 Å². The molecule has 2 heterocycles. The van der Waals surface area contributed by atoms with Crippen molar-refractivity contribution >= 4 is 15.9 Å². The number of piperazine rings is 1. The molecule has 1 aromatic rings. The second-order valence-corrected chi connectivity index (χ2v) is 8.42. The number of rotatable bonds is 3. The van der Waals surface area contributed by atoms with Gasteiger partial charge >= 0.3 is 0 Å². The first-order chi connectivity index (χ1) is 11.5. The molecule has 2 aliphatic rings. The Morgan fingerprint density at radius 3 is 2.62 bits per heavy atom. The molecule has 0 aliphatic carbocycles. The fourth-order valence-corrected chi connectivity index (χ4v) is 5.15. The number of hydrogen-bond donors (Lipinski definition) is 1. The molecule has 1 unspecified atom stereocenters. The van der Waals surface area contributed by atoms with Crippen molar-refractivity contribution in [2.45, 2.75) is 37.1 Å². The van der Waals surface area contributed by atoms with E-state index in [9.17, 15) is 13.2 Å². The minimum absolute atomic E-state index is 0.0104. The van der Waals surface area contributed by atoms with E-state index in [0.29, 0.717) is 25.2 Å². The van der Waals surface area contributed by atoms with Gasteiger partial charge in [0.05, 0.1) is 4.90 Å². The molecule has 24 heavy (non-hydrogen) atoms. The van der Waals surface area contributed by atoms with E-state index in [2.05, 4.69) is 5.32 Å². The number of carbonyl (C=O) groups excluding carboxylic acids is 1. The number of sulfonamides is 1. The standard InChI is InChI=1S/C17H25N3O3S/c1-14-5-2-3-10-20(14)24(22,23)16-7-4-6-15(13-16)17(21)19-11-8-18-9-12-19/h4,6-7,13-14,18H,2-3,5,8-12H2,1H3. The number of benzene rings is 1. The summed E-state index contributed by atoms with van der Waals surface area (Å²) in [6.45, 7) is 5.36. The van der Waals surface area contributed by atoms with Crippen molar-refractivity contribution in [3.05, 3.63) is 29.8 Å². The quantitative estimate of drug-likeness (QED) is 0.891. The Kier molecular flexibility index (Phi) is 5.22. The molecule has 2 fully saturated rings. The highest BCUT2D eigenvalue weighted by Gasteiger charge is 2.31. The predicted molar refractivity (Wildman–Crippen MR) is 92.4 cm³/mol. The largest absolute Gasteiger partial charge is 0.336 e. The lowest BCUT2D eigenvalue weighted by molar-refractivity contribution is 0.0735. The van der Waals surface area contributed by atoms with Crippen molar-refractivity contribution in [3.63, 3.8) is 0 Å². The Labute approximate surface area is 143 Å². The van der Waals surface area contributed by atoms with E-state index in [1.54, 1.807) is 27.4 Å². The summed E-state index contributed by atoms with van der Waals surface area (Å²) in [5.74, 6) is -0.0970. The van der Waals surface area contributed by atoms with Crippen molar-refractivity contribution in [2.24, 2.45) is 0 Å². The smallest absolute Gasteiger partial charge is 0.253 e. The van der Waals surface area contributed by atoms with Crippen LogP contribution in [0.25, 0.3) is 0 Å². The lowest BCUT2D eigenvalue weighted by Gasteiger charge is -2.32. The van der Waals surface area contributed by atoms with Crippen molar-refractivity contribution < 1.29 is 13.2 Å². The lowest BCUT2D eigenvalue weighted by Crippen LogP contribution is -2.46. The summed E-state index contributed by atoms with van der Waals surface area (Å²) < 4.78 is 27.5. The van der Waals surface area contributed by atoms with Gasteiger partial charge in [0.25, 0.3) is 5.91 Å². The van der Waals surface area contributed by atoms with Crippen molar-refractivity contribution in [3.8, 4) is 0 Å². The highest BCUT2D eigenvalue weighted by Crippen LogP contribution is 2.25. The van der Waals surface area contributed by atoms with E-state index in [-0.39, 0.29) is 16.8 Å². The van der Waals surface area contributed by atoms with Gasteiger partial charge in [0.2, 0.25) is 10.0 Å². The second-order valence-electron chi connectivity index (χ2n) is 6.53. The van der Waals surface area contributed by atoms with Crippen molar-refractivity contribution in [1.29, 1.82) is 0 Å². The van der Waals surface area contributed by atoms with Gasteiger partial charge in [0.1, 0.15) is 0 Å². The van der Waals surface area contributed by atoms with E-state index in [4.69, 9.17) is 0 Å². The fourth-order valence-electron chi connectivity index (χ4n) is 3.40. The van der Waals surface area contributed by atoms with Gasteiger partial charge in [-0.05, 0) is 38.0 Å². The maximum absolute atomic E-state index is 12.9. The Morgan fingerprint density at radius 1 is 1.17 bits per heavy atom. The summed E-state index contributed by atoms with van der Waals surface area (Å²) in [5, 5.41) is 3.21. The minimum Gasteiger partial charge on any atom is -0.336 e. The number of nitrogens with one attached hydrogen (secondary N) is 1. The van der Waals surface area contributed by atoms with Crippen LogP contribution in [0.1, 0.15) is 36.5 Å². The first kappa shape index (κ1) is 17.4. The van der Waals surface area contributed by atoms with E-state index >= 15 is 0 Å². The molecule has 7 heteroatoms. The Balaban J connectivity index is 1.85. The van der Waals surface area contributed by atoms with Gasteiger partial charge in [-0.3, -0.25) is 4.79 Å². The van der Waals surface area contributed by atoms with Crippen LogP contribution in [0.5, 0.6) is 0 Å². The third-order valence-corrected chi connectivity index (χ3v) is 6.84. The fraction of sp³-hybridized carbons (Fsp3) is 0.588. The van der Waals surface area contributed by atoms with E-state index < -0.39 is 10.0 Å². The maximum Gasteiger partial charge on any atom is 0.253 e. The molecule has 6 nitrogen and oxygen atoms in total. The first-order valence-electron chi connectivity index (χ1n) is 8.62. The second kappa shape index (κ2) is 7.21. The van der Waals surface area contributed by atoms with Gasteiger partial charge in [0, 0.05) is 44.3 Å². The molecule has 1 atom stereocenters. The van der Waals surface area contributed by atoms with Crippen LogP contribution < -0.4 is 5.32 Å². The Bertz CT molecular complexity index is 699. The number of nitrogens with zero attached hydrogens (tertiary/aromatic N) is 2. The summed E-state index contributed by atoms with van der Waals surface area (Å²) >= 11 is 0. The molecule has 3 rings (SSSR count). The summed E-state index contributed by atoms with van der Waals surface area (Å²) in [4.78, 5) is 14.6. The zero-order valence-electron chi connectivity index (χ0n) is 14.1. The molecule has 1 N–H and O–H groups in total. The van der Waals surface area contributed by atoms with Crippen LogP contribution in [0, 0.1) is 0 Å². The van der Waals surface area contributed by atoms with E-state index in [1.807, 2.05) is 6.92 Å². The lowest BCUT2D eigenvalue weighted by atomic mass is 10.1. The predicted octanol–water partition coefficient (Wildman–Crippen LogP) is 1.30. The molecule has 2 saturated heterocycles. The zero-order valence-corrected chi connectivity index (χ0v) is 14.9. The number of amides is 1. The van der Waals surface area contributed by atoms with E-state index in [0.717, 1.165) is 32.4 Å². The number of carbonyl (C=O) groups is 1. The van der Waals surface area contributed by atoms with Crippen molar-refractivity contribution in [1.82, 2.24) is 14.5 Å². The molecular weight excluding hydrogens is 326 g/mol. The Morgan fingerprint density at radius 2 is 1.92 bits per heavy atom. The van der Waals surface area contributed by atoms with Crippen LogP contribution in [0.15, 0.2) is 29.2 Å². The third kappa shape index (κ3) is 3.48. The normalized spacial score (nSPS) is 23.2. The zero-order chi connectivity index (χ0) is 17.2. The Hall–Kier alpha value is -1.44. The van der Waals surface area contributed by atoms with Crippen LogP contribution in [0.3, 0.4) is 0 Å². The number of piperidine rings is 1. The topological polar surface area (TPSA) is 69.7 Å². The molecule has 1 aromatic carbocycles. The molecule has 2 aliphatic heterocycles. The van der Waals surface area contributed by atoms with Crippen LogP contribution in [-0.4, -0.2) is 62.3 Å². The molecule has 132 valence electrons. The molecule has 0 bridgehead atoms. The van der Waals surface area contributed by atoms with E-state index in [1.165, 1.54) is 6.07 Å². The molecular formula is C17H25N3O3S. The first-order valence-corrected chi connectivity index (χ1v) is 10.1. The number of hydrogen-bond acceptors (Lipinski definition) is 4. The average molecular weight is 351 g/mol. The van der Waals surface area contributed by atoms with Gasteiger partial charge < -0.3 is 10.2 Å². The molecule has 0 aromatic heterocycles. The molecule has 0 spiro atoms. The average Bonchev–Trinajstić information content (AvgIpc) is 2.62. The van der Waals surface area contributed by atoms with Crippen LogP contribution in [0.2, 0.25) is 0 Å². The van der Waals surface area contributed by atoms with Crippen LogP contribution in [0.4, 0.5) is 0 Å². The van der Waals surface area contributed by atoms with Gasteiger partial charge in [-0.1, -0.05) is 12.5 Å². The SMILES string of the molecule is CC1CCCCN1S(=O)(=O)c1cccc(C(=O)N2CCNCC2)c1. The van der Waals surface area contributed by atoms with Gasteiger partial charge in [0.15, 0.2) is 0 Å². The highest BCUT2D eigenvalue weighted by atomic mass is 32.2.